The highest BCUT2D eigenvalue weighted by Crippen LogP contribution is 2.29. The van der Waals surface area contributed by atoms with Gasteiger partial charge in [-0.1, -0.05) is 34.1 Å². The molecule has 1 aromatic heterocycles. The third-order valence-corrected chi connectivity index (χ3v) is 5.93. The number of esters is 1. The van der Waals surface area contributed by atoms with Gasteiger partial charge in [-0.25, -0.2) is 0 Å². The first-order valence-corrected chi connectivity index (χ1v) is 10.8. The molecule has 32 heavy (non-hydrogen) atoms. The second-order valence-corrected chi connectivity index (χ2v) is 8.50. The van der Waals surface area contributed by atoms with E-state index in [1.807, 2.05) is 37.3 Å². The molecule has 1 aliphatic rings. The van der Waals surface area contributed by atoms with Gasteiger partial charge in [-0.15, -0.1) is 0 Å². The number of halogens is 1. The Hall–Kier alpha value is -3.30. The van der Waals surface area contributed by atoms with Crippen molar-refractivity contribution < 1.29 is 19.1 Å². The van der Waals surface area contributed by atoms with Crippen molar-refractivity contribution in [3.63, 3.8) is 0 Å². The number of benzene rings is 2. The van der Waals surface area contributed by atoms with Gasteiger partial charge in [-0.2, -0.15) is 0 Å². The van der Waals surface area contributed by atoms with Crippen LogP contribution in [0.1, 0.15) is 11.1 Å². The van der Waals surface area contributed by atoms with Crippen molar-refractivity contribution in [2.75, 3.05) is 12.0 Å². The molecular weight excluding hydrogens is 494 g/mol. The van der Waals surface area contributed by atoms with Gasteiger partial charge in [0.2, 0.25) is 0 Å². The molecule has 1 fully saturated rings. The van der Waals surface area contributed by atoms with Gasteiger partial charge in [-0.05, 0) is 55.0 Å². The van der Waals surface area contributed by atoms with Gasteiger partial charge in [0.25, 0.3) is 11.8 Å². The smallest absolute Gasteiger partial charge is 0.325 e. The number of aromatic nitrogens is 1. The molecule has 1 N–H and O–H groups in total. The molecule has 2 heterocycles. The zero-order chi connectivity index (χ0) is 23.0. The number of thiocarbonyl (C=S) groups is 1. The maximum atomic E-state index is 13.4. The number of anilines is 1. The van der Waals surface area contributed by atoms with Crippen LogP contribution in [-0.2, 0) is 25.7 Å². The standard InChI is InChI=1S/C23H18BrN3O4S/c1-13-9-15(24)7-8-18(13)27-22(30)17(21(29)25-23(27)32)10-14-11-26(12-20(28)31-2)19-6-4-3-5-16(14)19/h3-11H,12H2,1-2H3,(H,25,29,32)/b17-10+. The van der Waals surface area contributed by atoms with Crippen LogP contribution in [0, 0.1) is 6.92 Å². The Morgan fingerprint density at radius 3 is 2.69 bits per heavy atom. The van der Waals surface area contributed by atoms with Gasteiger partial charge in [-0.3, -0.25) is 24.6 Å². The van der Waals surface area contributed by atoms with Gasteiger partial charge < -0.3 is 9.30 Å². The van der Waals surface area contributed by atoms with Crippen LogP contribution in [0.25, 0.3) is 17.0 Å². The maximum absolute atomic E-state index is 13.4. The van der Waals surface area contributed by atoms with Gasteiger partial charge in [0.15, 0.2) is 5.11 Å². The largest absolute Gasteiger partial charge is 0.468 e. The van der Waals surface area contributed by atoms with Crippen LogP contribution >= 0.6 is 28.1 Å². The van der Waals surface area contributed by atoms with Crippen LogP contribution in [0.5, 0.6) is 0 Å². The highest BCUT2D eigenvalue weighted by Gasteiger charge is 2.35. The summed E-state index contributed by atoms with van der Waals surface area (Å²) in [5.41, 5.74) is 2.76. The maximum Gasteiger partial charge on any atom is 0.325 e. The molecule has 0 radical (unpaired) electrons. The van der Waals surface area contributed by atoms with Crippen molar-refractivity contribution in [1.82, 2.24) is 9.88 Å². The average Bonchev–Trinajstić information content (AvgIpc) is 3.09. The van der Waals surface area contributed by atoms with Gasteiger partial charge >= 0.3 is 5.97 Å². The van der Waals surface area contributed by atoms with Gasteiger partial charge in [0, 0.05) is 27.1 Å². The number of nitrogens with one attached hydrogen (secondary N) is 1. The lowest BCUT2D eigenvalue weighted by Gasteiger charge is -2.30. The van der Waals surface area contributed by atoms with E-state index in [-0.39, 0.29) is 17.2 Å². The number of hydrogen-bond donors (Lipinski definition) is 1. The Kier molecular flexibility index (Phi) is 5.94. The van der Waals surface area contributed by atoms with E-state index in [4.69, 9.17) is 17.0 Å². The molecule has 2 aromatic carbocycles. The topological polar surface area (TPSA) is 80.6 Å². The van der Waals surface area contributed by atoms with Crippen molar-refractivity contribution in [2.24, 2.45) is 0 Å². The van der Waals surface area contributed by atoms with Gasteiger partial charge in [0.05, 0.1) is 12.8 Å². The summed E-state index contributed by atoms with van der Waals surface area (Å²) in [6.07, 6.45) is 3.24. The number of amides is 2. The number of para-hydroxylation sites is 1. The fourth-order valence-corrected chi connectivity index (χ4v) is 4.38. The van der Waals surface area contributed by atoms with Crippen LogP contribution in [0.2, 0.25) is 0 Å². The van der Waals surface area contributed by atoms with Crippen molar-refractivity contribution in [1.29, 1.82) is 0 Å². The molecular formula is C23H18BrN3O4S. The van der Waals surface area contributed by atoms with Crippen molar-refractivity contribution >= 4 is 73.7 Å². The Balaban J connectivity index is 1.80. The summed E-state index contributed by atoms with van der Waals surface area (Å²) >= 11 is 8.70. The monoisotopic (exact) mass is 511 g/mol. The summed E-state index contributed by atoms with van der Waals surface area (Å²) in [6, 6.07) is 12.9. The third-order valence-electron chi connectivity index (χ3n) is 5.15. The molecule has 0 aliphatic carbocycles. The number of carbonyl (C=O) groups excluding carboxylic acids is 3. The van der Waals surface area contributed by atoms with Gasteiger partial charge in [0.1, 0.15) is 12.1 Å². The molecule has 9 heteroatoms. The number of methoxy groups -OCH3 is 1. The summed E-state index contributed by atoms with van der Waals surface area (Å²) in [4.78, 5) is 39.2. The lowest BCUT2D eigenvalue weighted by Crippen LogP contribution is -2.54. The Labute approximate surface area is 197 Å². The molecule has 0 unspecified atom stereocenters. The average molecular weight is 512 g/mol. The second kappa shape index (κ2) is 8.68. The number of aryl methyl sites for hydroxylation is 1. The lowest BCUT2D eigenvalue weighted by atomic mass is 10.1. The van der Waals surface area contributed by atoms with Crippen LogP contribution in [0.4, 0.5) is 5.69 Å². The predicted molar refractivity (Wildman–Crippen MR) is 129 cm³/mol. The fourth-order valence-electron chi connectivity index (χ4n) is 3.63. The Morgan fingerprint density at radius 2 is 1.97 bits per heavy atom. The zero-order valence-electron chi connectivity index (χ0n) is 17.2. The molecule has 162 valence electrons. The number of carbonyl (C=O) groups is 3. The van der Waals surface area contributed by atoms with E-state index >= 15 is 0 Å². The molecule has 2 amide bonds. The molecule has 0 saturated carbocycles. The van der Waals surface area contributed by atoms with Crippen LogP contribution in [-0.4, -0.2) is 34.6 Å². The molecule has 0 bridgehead atoms. The molecule has 0 atom stereocenters. The predicted octanol–water partition coefficient (Wildman–Crippen LogP) is 3.72. The minimum atomic E-state index is -0.573. The Morgan fingerprint density at radius 1 is 1.22 bits per heavy atom. The number of rotatable bonds is 4. The second-order valence-electron chi connectivity index (χ2n) is 7.19. The molecule has 4 rings (SSSR count). The number of ether oxygens (including phenoxy) is 1. The van der Waals surface area contributed by atoms with E-state index in [9.17, 15) is 14.4 Å². The van der Waals surface area contributed by atoms with E-state index in [2.05, 4.69) is 21.2 Å². The van der Waals surface area contributed by atoms with Crippen LogP contribution in [0.3, 0.4) is 0 Å². The third kappa shape index (κ3) is 3.96. The van der Waals surface area contributed by atoms with Crippen molar-refractivity contribution in [3.05, 3.63) is 69.8 Å². The first-order valence-electron chi connectivity index (χ1n) is 9.62. The summed E-state index contributed by atoms with van der Waals surface area (Å²) in [6.45, 7) is 1.87. The SMILES string of the molecule is COC(=O)Cn1cc(/C=C2\C(=O)NC(=S)N(c3ccc(Br)cc3C)C2=O)c2ccccc21. The number of nitrogens with zero attached hydrogens (tertiary/aromatic N) is 2. The van der Waals surface area contributed by atoms with E-state index < -0.39 is 17.8 Å². The van der Waals surface area contributed by atoms with Crippen LogP contribution in [0.15, 0.2) is 58.7 Å². The Bertz CT molecular complexity index is 1330. The molecule has 7 nitrogen and oxygen atoms in total. The van der Waals surface area contributed by atoms with Crippen molar-refractivity contribution in [2.45, 2.75) is 13.5 Å². The highest BCUT2D eigenvalue weighted by atomic mass is 79.9. The van der Waals surface area contributed by atoms with E-state index in [1.54, 1.807) is 22.9 Å². The number of fused-ring (bicyclic) bond motifs is 1. The zero-order valence-corrected chi connectivity index (χ0v) is 19.6. The number of hydrogen-bond acceptors (Lipinski definition) is 5. The molecule has 1 saturated heterocycles. The highest BCUT2D eigenvalue weighted by molar-refractivity contribution is 9.10. The summed E-state index contributed by atoms with van der Waals surface area (Å²) in [7, 11) is 1.32. The minimum absolute atomic E-state index is 0.00856. The van der Waals surface area contributed by atoms with Crippen LogP contribution < -0.4 is 10.2 Å². The van der Waals surface area contributed by atoms with E-state index in [0.717, 1.165) is 20.9 Å². The minimum Gasteiger partial charge on any atom is -0.468 e. The quantitative estimate of drug-likeness (QED) is 0.250. The first kappa shape index (κ1) is 21.9. The van der Waals surface area contributed by atoms with Crippen molar-refractivity contribution in [3.8, 4) is 0 Å². The summed E-state index contributed by atoms with van der Waals surface area (Å²) in [5.74, 6) is -1.50. The fraction of sp³-hybridized carbons (Fsp3) is 0.130. The van der Waals surface area contributed by atoms with E-state index in [0.29, 0.717) is 11.3 Å². The summed E-state index contributed by atoms with van der Waals surface area (Å²) < 4.78 is 7.36. The lowest BCUT2D eigenvalue weighted by molar-refractivity contribution is -0.141. The first-order chi connectivity index (χ1) is 15.3. The molecule has 1 aliphatic heterocycles. The summed E-state index contributed by atoms with van der Waals surface area (Å²) in [5, 5.41) is 3.42. The molecule has 3 aromatic rings. The molecule has 0 spiro atoms. The van der Waals surface area contributed by atoms with E-state index in [1.165, 1.54) is 18.1 Å². The normalized spacial score (nSPS) is 15.4.